The van der Waals surface area contributed by atoms with Gasteiger partial charge in [0.2, 0.25) is 0 Å². The third-order valence-electron chi connectivity index (χ3n) is 4.30. The Balaban J connectivity index is 1.81. The summed E-state index contributed by atoms with van der Waals surface area (Å²) in [6, 6.07) is 11.4. The quantitative estimate of drug-likeness (QED) is 0.560. The van der Waals surface area contributed by atoms with Gasteiger partial charge in [-0.3, -0.25) is 9.59 Å². The molecule has 0 fully saturated rings. The van der Waals surface area contributed by atoms with Gasteiger partial charge in [0.15, 0.2) is 0 Å². The Labute approximate surface area is 172 Å². The second-order valence-electron chi connectivity index (χ2n) is 5.81. The third kappa shape index (κ3) is 2.44. The van der Waals surface area contributed by atoms with Crippen molar-refractivity contribution in [1.29, 1.82) is 0 Å². The van der Waals surface area contributed by atoms with Crippen LogP contribution in [0.2, 0.25) is 0 Å². The van der Waals surface area contributed by atoms with Crippen LogP contribution in [-0.2, 0) is 0 Å². The predicted molar refractivity (Wildman–Crippen MR) is 110 cm³/mol. The largest absolute Gasteiger partial charge is 0.320 e. The van der Waals surface area contributed by atoms with Crippen molar-refractivity contribution in [3.05, 3.63) is 75.3 Å². The zero-order chi connectivity index (χ0) is 18.0. The number of amides is 2. The van der Waals surface area contributed by atoms with Crippen LogP contribution in [0.25, 0.3) is 11.4 Å². The molecule has 2 amide bonds. The smallest absolute Gasteiger partial charge is 0.256 e. The molecule has 0 bridgehead atoms. The molecule has 4 nitrogen and oxygen atoms in total. The Morgan fingerprint density at radius 3 is 1.46 bits per heavy atom. The van der Waals surface area contributed by atoms with Crippen LogP contribution in [0.5, 0.6) is 0 Å². The first-order chi connectivity index (χ1) is 12.5. The van der Waals surface area contributed by atoms with E-state index in [4.69, 9.17) is 0 Å². The van der Waals surface area contributed by atoms with Crippen molar-refractivity contribution in [3.8, 4) is 0 Å². The molecule has 0 unspecified atom stereocenters. The molecule has 8 heteroatoms. The molecule has 0 saturated heterocycles. The number of carbonyl (C=O) groups is 2. The average Bonchev–Trinajstić information content (AvgIpc) is 3.36. The number of thiophene rings is 2. The molecule has 2 aliphatic rings. The fraction of sp³-hybridized carbons (Fsp3) is 0. The number of halogens is 2. The minimum absolute atomic E-state index is 0.145. The summed E-state index contributed by atoms with van der Waals surface area (Å²) < 4.78 is 1.97. The van der Waals surface area contributed by atoms with Crippen LogP contribution in [0.1, 0.15) is 30.5 Å². The minimum Gasteiger partial charge on any atom is -0.320 e. The highest BCUT2D eigenvalue weighted by atomic mass is 79.9. The molecule has 0 aliphatic carbocycles. The van der Waals surface area contributed by atoms with Crippen molar-refractivity contribution in [2.24, 2.45) is 0 Å². The number of hydrogen-bond acceptors (Lipinski definition) is 4. The molecule has 128 valence electrons. The third-order valence-corrected chi connectivity index (χ3v) is 7.58. The van der Waals surface area contributed by atoms with Gasteiger partial charge in [0.25, 0.3) is 11.8 Å². The molecule has 2 N–H and O–H groups in total. The molecule has 0 spiro atoms. The van der Waals surface area contributed by atoms with Crippen LogP contribution < -0.4 is 21.1 Å². The molecule has 26 heavy (non-hydrogen) atoms. The highest BCUT2D eigenvalue weighted by Crippen LogP contribution is 2.29. The first-order valence-electron chi connectivity index (χ1n) is 7.58. The molecule has 3 aromatic rings. The van der Waals surface area contributed by atoms with E-state index in [9.17, 15) is 9.59 Å². The normalized spacial score (nSPS) is 15.2. The summed E-state index contributed by atoms with van der Waals surface area (Å²) >= 11 is 9.98. The number of hydrogen-bond donors (Lipinski definition) is 2. The molecular formula is C18H8Br2N2O2S2. The standard InChI is InChI=1S/C18H8Br2N2O2S2/c19-13-3-1-11(25-13)15-7-5-10-8(6-9(7)17(23)21-15)16(22-18(10)24)12-2-4-14(20)26-12/h1-6H,(H,21,23)(H,22,24). The van der Waals surface area contributed by atoms with Crippen LogP contribution in [0, 0.1) is 0 Å². The topological polar surface area (TPSA) is 58.2 Å². The lowest BCUT2D eigenvalue weighted by Crippen LogP contribution is -2.20. The van der Waals surface area contributed by atoms with Crippen molar-refractivity contribution in [2.45, 2.75) is 0 Å². The number of nitrogens with one attached hydrogen (secondary N) is 2. The maximum atomic E-state index is 12.5. The van der Waals surface area contributed by atoms with Crippen molar-refractivity contribution >= 4 is 77.7 Å². The van der Waals surface area contributed by atoms with E-state index >= 15 is 0 Å². The van der Waals surface area contributed by atoms with Crippen molar-refractivity contribution in [1.82, 2.24) is 10.6 Å². The summed E-state index contributed by atoms with van der Waals surface area (Å²) in [6.45, 7) is 0. The second kappa shape index (κ2) is 5.88. The van der Waals surface area contributed by atoms with E-state index in [1.54, 1.807) is 22.7 Å². The van der Waals surface area contributed by atoms with Crippen LogP contribution in [-0.4, -0.2) is 11.8 Å². The molecule has 5 rings (SSSR count). The summed E-state index contributed by atoms with van der Waals surface area (Å²) in [7, 11) is 0. The Morgan fingerprint density at radius 2 is 1.12 bits per heavy atom. The second-order valence-corrected chi connectivity index (χ2v) is 10.7. The van der Waals surface area contributed by atoms with Crippen LogP contribution in [0.3, 0.4) is 0 Å². The zero-order valence-electron chi connectivity index (χ0n) is 12.9. The van der Waals surface area contributed by atoms with E-state index in [2.05, 4.69) is 42.5 Å². The Morgan fingerprint density at radius 1 is 0.692 bits per heavy atom. The summed E-state index contributed by atoms with van der Waals surface area (Å²) in [5.74, 6) is -0.290. The number of fused-ring (bicyclic) bond motifs is 2. The highest BCUT2D eigenvalue weighted by molar-refractivity contribution is 9.11. The first kappa shape index (κ1) is 16.4. The van der Waals surface area contributed by atoms with Crippen LogP contribution >= 0.6 is 54.5 Å². The zero-order valence-corrected chi connectivity index (χ0v) is 17.7. The molecule has 0 saturated carbocycles. The summed E-state index contributed by atoms with van der Waals surface area (Å²) in [5, 5.41) is 7.43. The molecule has 0 radical (unpaired) electrons. The Hall–Kier alpha value is -1.74. The average molecular weight is 508 g/mol. The fourth-order valence-corrected chi connectivity index (χ4v) is 5.97. The number of benzene rings is 1. The number of carbonyl (C=O) groups excluding carboxylic acids is 2. The van der Waals surface area contributed by atoms with Crippen molar-refractivity contribution in [2.75, 3.05) is 0 Å². The van der Waals surface area contributed by atoms with Crippen LogP contribution in [0.15, 0.2) is 44.0 Å². The van der Waals surface area contributed by atoms with Gasteiger partial charge in [-0.2, -0.15) is 0 Å². The van der Waals surface area contributed by atoms with E-state index in [-0.39, 0.29) is 11.8 Å². The molecule has 1 aromatic carbocycles. The van der Waals surface area contributed by atoms with Gasteiger partial charge in [-0.25, -0.2) is 0 Å². The summed E-state index contributed by atoms with van der Waals surface area (Å²) in [5.41, 5.74) is 2.69. The Kier molecular flexibility index (Phi) is 3.72. The lowest BCUT2D eigenvalue weighted by Gasteiger charge is -1.99. The SMILES string of the molecule is O=C1NC(c2ccc(Br)s2)=c2cc3c(cc21)=C(c1ccc(Br)s1)NC3=O. The van der Waals surface area contributed by atoms with Gasteiger partial charge in [-0.1, -0.05) is 0 Å². The van der Waals surface area contributed by atoms with Gasteiger partial charge >= 0.3 is 0 Å². The summed E-state index contributed by atoms with van der Waals surface area (Å²) in [6.07, 6.45) is 0. The van der Waals surface area contributed by atoms with Gasteiger partial charge < -0.3 is 10.6 Å². The van der Waals surface area contributed by atoms with E-state index < -0.39 is 0 Å². The minimum atomic E-state index is -0.145. The van der Waals surface area contributed by atoms with E-state index in [0.29, 0.717) is 11.1 Å². The Bertz CT molecular complexity index is 1160. The van der Waals surface area contributed by atoms with Gasteiger partial charge in [0.05, 0.1) is 28.7 Å². The lowest BCUT2D eigenvalue weighted by molar-refractivity contribution is 0.0968. The van der Waals surface area contributed by atoms with E-state index in [1.165, 1.54) is 0 Å². The molecule has 2 aromatic heterocycles. The number of rotatable bonds is 2. The first-order valence-corrected chi connectivity index (χ1v) is 10.8. The van der Waals surface area contributed by atoms with E-state index in [1.807, 2.05) is 36.4 Å². The molecule has 2 aliphatic heterocycles. The lowest BCUT2D eigenvalue weighted by atomic mass is 10.1. The molecule has 0 atom stereocenters. The van der Waals surface area contributed by atoms with Crippen molar-refractivity contribution in [3.63, 3.8) is 0 Å². The maximum Gasteiger partial charge on any atom is 0.256 e. The van der Waals surface area contributed by atoms with Crippen LogP contribution in [0.4, 0.5) is 0 Å². The predicted octanol–water partition coefficient (Wildman–Crippen LogP) is 3.13. The van der Waals surface area contributed by atoms with Gasteiger partial charge in [0, 0.05) is 21.6 Å². The highest BCUT2D eigenvalue weighted by Gasteiger charge is 2.28. The van der Waals surface area contributed by atoms with Gasteiger partial charge in [-0.15, -0.1) is 22.7 Å². The molecule has 4 heterocycles. The van der Waals surface area contributed by atoms with Gasteiger partial charge in [0.1, 0.15) is 0 Å². The maximum absolute atomic E-state index is 12.5. The van der Waals surface area contributed by atoms with Crippen molar-refractivity contribution < 1.29 is 9.59 Å². The monoisotopic (exact) mass is 506 g/mol. The summed E-state index contributed by atoms with van der Waals surface area (Å²) in [4.78, 5) is 27.0. The fourth-order valence-electron chi connectivity index (χ4n) is 3.17. The van der Waals surface area contributed by atoms with Gasteiger partial charge in [-0.05, 0) is 68.3 Å². The molecular weight excluding hydrogens is 500 g/mol. The van der Waals surface area contributed by atoms with E-state index in [0.717, 1.165) is 39.2 Å².